The van der Waals surface area contributed by atoms with E-state index in [4.69, 9.17) is 0 Å². The van der Waals surface area contributed by atoms with Gasteiger partial charge in [0.1, 0.15) is 6.07 Å². The van der Waals surface area contributed by atoms with Crippen LogP contribution in [0.3, 0.4) is 0 Å². The van der Waals surface area contributed by atoms with Crippen LogP contribution in [0.4, 0.5) is 11.4 Å². The lowest BCUT2D eigenvalue weighted by molar-refractivity contribution is 1.08. The number of hydrogen-bond donors (Lipinski definition) is 0. The molecule has 0 aliphatic heterocycles. The average molecular weight is 237 g/mol. The minimum Gasteiger partial charge on any atom is -0.343 e. The summed E-state index contributed by atoms with van der Waals surface area (Å²) in [6.07, 6.45) is 0. The van der Waals surface area contributed by atoms with E-state index < -0.39 is 0 Å². The maximum absolute atomic E-state index is 9.27. The highest BCUT2D eigenvalue weighted by atomic mass is 15.1. The van der Waals surface area contributed by atoms with Crippen molar-refractivity contribution in [2.75, 3.05) is 11.9 Å². The number of aromatic nitrogens is 1. The van der Waals surface area contributed by atoms with E-state index >= 15 is 0 Å². The first-order valence-corrected chi connectivity index (χ1v) is 5.80. The Morgan fingerprint density at radius 2 is 1.83 bits per heavy atom. The van der Waals surface area contributed by atoms with Crippen LogP contribution in [0.5, 0.6) is 0 Å². The van der Waals surface area contributed by atoms with Crippen molar-refractivity contribution >= 4 is 11.4 Å². The van der Waals surface area contributed by atoms with Crippen LogP contribution in [0, 0.1) is 25.2 Å². The summed E-state index contributed by atoms with van der Waals surface area (Å²) < 4.78 is 0. The van der Waals surface area contributed by atoms with Crippen LogP contribution in [0.25, 0.3) is 0 Å². The third kappa shape index (κ3) is 2.18. The Morgan fingerprint density at radius 1 is 1.17 bits per heavy atom. The molecule has 0 N–H and O–H groups in total. The van der Waals surface area contributed by atoms with E-state index in [0.717, 1.165) is 22.8 Å². The first kappa shape index (κ1) is 12.1. The molecule has 18 heavy (non-hydrogen) atoms. The van der Waals surface area contributed by atoms with Gasteiger partial charge >= 0.3 is 0 Å². The Kier molecular flexibility index (Phi) is 3.29. The quantitative estimate of drug-likeness (QED) is 0.804. The molecule has 0 aliphatic rings. The predicted molar refractivity (Wildman–Crippen MR) is 72.9 cm³/mol. The number of pyridine rings is 1. The predicted octanol–water partition coefficient (Wildman–Crippen LogP) is 3.34. The van der Waals surface area contributed by atoms with Crippen molar-refractivity contribution in [1.82, 2.24) is 4.98 Å². The molecular formula is C15H15N3. The van der Waals surface area contributed by atoms with Gasteiger partial charge in [0.2, 0.25) is 0 Å². The van der Waals surface area contributed by atoms with E-state index in [0.29, 0.717) is 5.56 Å². The van der Waals surface area contributed by atoms with Crippen LogP contribution in [-0.4, -0.2) is 12.0 Å². The normalized spacial score (nSPS) is 9.89. The Bertz CT molecular complexity index is 597. The summed E-state index contributed by atoms with van der Waals surface area (Å²) in [6, 6.07) is 14.2. The summed E-state index contributed by atoms with van der Waals surface area (Å²) >= 11 is 0. The molecule has 0 unspecified atom stereocenters. The molecule has 1 aromatic heterocycles. The zero-order chi connectivity index (χ0) is 13.1. The van der Waals surface area contributed by atoms with Crippen molar-refractivity contribution in [1.29, 1.82) is 5.26 Å². The molecule has 0 radical (unpaired) electrons. The molecule has 0 fully saturated rings. The second-order valence-electron chi connectivity index (χ2n) is 4.25. The topological polar surface area (TPSA) is 39.9 Å². The molecule has 0 aliphatic carbocycles. The smallest absolute Gasteiger partial charge is 0.103 e. The summed E-state index contributed by atoms with van der Waals surface area (Å²) in [5.41, 5.74) is 4.28. The molecule has 2 rings (SSSR count). The zero-order valence-corrected chi connectivity index (χ0v) is 10.8. The summed E-state index contributed by atoms with van der Waals surface area (Å²) in [5.74, 6) is 0. The minimum atomic E-state index is 0.631. The molecule has 3 heteroatoms. The number of hydrogen-bond acceptors (Lipinski definition) is 3. The number of nitrogens with zero attached hydrogens (tertiary/aromatic N) is 3. The van der Waals surface area contributed by atoms with Gasteiger partial charge in [-0.2, -0.15) is 5.26 Å². The number of benzene rings is 1. The lowest BCUT2D eigenvalue weighted by Gasteiger charge is -2.21. The fourth-order valence-corrected chi connectivity index (χ4v) is 2.00. The summed E-state index contributed by atoms with van der Waals surface area (Å²) in [4.78, 5) is 6.35. The summed E-state index contributed by atoms with van der Waals surface area (Å²) in [5, 5.41) is 9.27. The van der Waals surface area contributed by atoms with Crippen LogP contribution in [0.2, 0.25) is 0 Å². The molecule has 1 aromatic carbocycles. The molecule has 0 saturated heterocycles. The van der Waals surface area contributed by atoms with Gasteiger partial charge in [0.05, 0.1) is 16.9 Å². The first-order valence-electron chi connectivity index (χ1n) is 5.80. The van der Waals surface area contributed by atoms with Gasteiger partial charge in [-0.05, 0) is 32.0 Å². The highest BCUT2D eigenvalue weighted by Crippen LogP contribution is 2.28. The van der Waals surface area contributed by atoms with E-state index in [-0.39, 0.29) is 0 Å². The molecule has 0 atom stereocenters. The van der Waals surface area contributed by atoms with Gasteiger partial charge in [-0.15, -0.1) is 0 Å². The fourth-order valence-electron chi connectivity index (χ4n) is 2.00. The molecule has 0 amide bonds. The second-order valence-corrected chi connectivity index (χ2v) is 4.25. The Balaban J connectivity index is 2.55. The van der Waals surface area contributed by atoms with Gasteiger partial charge in [0.25, 0.3) is 0 Å². The van der Waals surface area contributed by atoms with Crippen LogP contribution >= 0.6 is 0 Å². The van der Waals surface area contributed by atoms with Crippen LogP contribution in [-0.2, 0) is 0 Å². The van der Waals surface area contributed by atoms with Gasteiger partial charge in [-0.25, -0.2) is 0 Å². The molecule has 3 nitrogen and oxygen atoms in total. The highest BCUT2D eigenvalue weighted by molar-refractivity contribution is 5.69. The molecule has 0 spiro atoms. The van der Waals surface area contributed by atoms with E-state index in [1.165, 1.54) is 0 Å². The molecule has 0 bridgehead atoms. The van der Waals surface area contributed by atoms with Crippen LogP contribution in [0.1, 0.15) is 17.0 Å². The molecule has 2 aromatic rings. The lowest BCUT2D eigenvalue weighted by atomic mass is 10.1. The van der Waals surface area contributed by atoms with E-state index in [1.54, 1.807) is 0 Å². The van der Waals surface area contributed by atoms with Crippen LogP contribution < -0.4 is 4.90 Å². The molecular weight excluding hydrogens is 222 g/mol. The second kappa shape index (κ2) is 4.89. The maximum Gasteiger partial charge on any atom is 0.103 e. The van der Waals surface area contributed by atoms with Gasteiger partial charge in [0.15, 0.2) is 0 Å². The monoisotopic (exact) mass is 237 g/mol. The number of anilines is 2. The largest absolute Gasteiger partial charge is 0.343 e. The van der Waals surface area contributed by atoms with Crippen molar-refractivity contribution in [3.8, 4) is 6.07 Å². The SMILES string of the molecule is Cc1cc(N(C)c2ccccc2)c(C#N)c(C)n1. The standard InChI is InChI=1S/C15H15N3/c1-11-9-15(14(10-16)12(2)17-11)18(3)13-7-5-4-6-8-13/h4-9H,1-3H3. The summed E-state index contributed by atoms with van der Waals surface area (Å²) in [6.45, 7) is 3.81. The van der Waals surface area contributed by atoms with E-state index in [2.05, 4.69) is 11.1 Å². The molecule has 0 saturated carbocycles. The minimum absolute atomic E-state index is 0.631. The zero-order valence-electron chi connectivity index (χ0n) is 10.8. The Morgan fingerprint density at radius 3 is 2.44 bits per heavy atom. The Labute approximate surface area is 107 Å². The Hall–Kier alpha value is -2.34. The number of rotatable bonds is 2. The number of para-hydroxylation sites is 1. The third-order valence-corrected chi connectivity index (χ3v) is 2.92. The first-order chi connectivity index (χ1) is 8.63. The van der Waals surface area contributed by atoms with Crippen molar-refractivity contribution in [3.05, 3.63) is 53.3 Å². The van der Waals surface area contributed by atoms with Gasteiger partial charge in [-0.3, -0.25) is 4.98 Å². The average Bonchev–Trinajstić information content (AvgIpc) is 2.38. The summed E-state index contributed by atoms with van der Waals surface area (Å²) in [7, 11) is 1.96. The van der Waals surface area contributed by atoms with E-state index in [1.807, 2.05) is 62.2 Å². The highest BCUT2D eigenvalue weighted by Gasteiger charge is 2.12. The molecule has 90 valence electrons. The lowest BCUT2D eigenvalue weighted by Crippen LogP contribution is -2.12. The fraction of sp³-hybridized carbons (Fsp3) is 0.200. The van der Waals surface area contributed by atoms with Crippen molar-refractivity contribution in [2.45, 2.75) is 13.8 Å². The van der Waals surface area contributed by atoms with Gasteiger partial charge in [-0.1, -0.05) is 18.2 Å². The van der Waals surface area contributed by atoms with Crippen molar-refractivity contribution in [3.63, 3.8) is 0 Å². The van der Waals surface area contributed by atoms with Crippen molar-refractivity contribution < 1.29 is 0 Å². The van der Waals surface area contributed by atoms with E-state index in [9.17, 15) is 5.26 Å². The van der Waals surface area contributed by atoms with Crippen molar-refractivity contribution in [2.24, 2.45) is 0 Å². The van der Waals surface area contributed by atoms with Gasteiger partial charge in [0, 0.05) is 18.4 Å². The number of nitriles is 1. The third-order valence-electron chi connectivity index (χ3n) is 2.92. The maximum atomic E-state index is 9.27. The number of aryl methyl sites for hydroxylation is 2. The molecule has 1 heterocycles. The van der Waals surface area contributed by atoms with Gasteiger partial charge < -0.3 is 4.90 Å². The van der Waals surface area contributed by atoms with Crippen LogP contribution in [0.15, 0.2) is 36.4 Å².